The zero-order valence-corrected chi connectivity index (χ0v) is 12.1. The van der Waals surface area contributed by atoms with Crippen LogP contribution in [0.3, 0.4) is 0 Å². The molecule has 1 fully saturated rings. The average Bonchev–Trinajstić information content (AvgIpc) is 3.13. The van der Waals surface area contributed by atoms with Crippen LogP contribution in [0.25, 0.3) is 0 Å². The Morgan fingerprint density at radius 2 is 2.45 bits per heavy atom. The number of carbonyl (C=O) groups excluding carboxylic acids is 1. The Balaban J connectivity index is 1.78. The third kappa shape index (κ3) is 2.48. The molecule has 0 saturated carbocycles. The zero-order valence-electron chi connectivity index (χ0n) is 11.3. The van der Waals surface area contributed by atoms with Gasteiger partial charge in [-0.1, -0.05) is 0 Å². The minimum atomic E-state index is -0.460. The maximum atomic E-state index is 12.5. The normalized spacial score (nSPS) is 22.4. The first-order valence-corrected chi connectivity index (χ1v) is 7.58. The molecule has 0 aliphatic carbocycles. The molecule has 1 saturated heterocycles. The number of amides is 1. The van der Waals surface area contributed by atoms with Crippen molar-refractivity contribution in [2.75, 3.05) is 6.54 Å². The summed E-state index contributed by atoms with van der Waals surface area (Å²) in [6.45, 7) is 0.612. The number of aliphatic hydroxyl groups is 1. The van der Waals surface area contributed by atoms with Crippen molar-refractivity contribution < 1.29 is 9.90 Å². The van der Waals surface area contributed by atoms with Gasteiger partial charge in [0.2, 0.25) is 0 Å². The van der Waals surface area contributed by atoms with Crippen LogP contribution < -0.4 is 0 Å². The molecule has 0 unspecified atom stereocenters. The lowest BCUT2D eigenvalue weighted by Crippen LogP contribution is -2.40. The number of thiophene rings is 1. The smallest absolute Gasteiger partial charge is 0.255 e. The Kier molecular flexibility index (Phi) is 3.58. The maximum Gasteiger partial charge on any atom is 0.255 e. The molecule has 1 aliphatic heterocycles. The number of hydrogen-bond donors (Lipinski definition) is 1. The lowest BCUT2D eigenvalue weighted by Gasteiger charge is -2.25. The molecule has 0 bridgehead atoms. The predicted molar refractivity (Wildman–Crippen MR) is 76.7 cm³/mol. The molecule has 106 valence electrons. The second kappa shape index (κ2) is 5.38. The Labute approximate surface area is 121 Å². The predicted octanol–water partition coefficient (Wildman–Crippen LogP) is 1.30. The third-order valence-corrected chi connectivity index (χ3v) is 4.43. The first-order valence-electron chi connectivity index (χ1n) is 6.64. The number of rotatable bonds is 3. The molecule has 2 aromatic heterocycles. The summed E-state index contributed by atoms with van der Waals surface area (Å²) < 4.78 is 1.74. The van der Waals surface area contributed by atoms with Crippen molar-refractivity contribution in [2.45, 2.75) is 25.0 Å². The van der Waals surface area contributed by atoms with Gasteiger partial charge in [0.1, 0.15) is 0 Å². The van der Waals surface area contributed by atoms with Gasteiger partial charge in [-0.3, -0.25) is 9.48 Å². The van der Waals surface area contributed by atoms with Crippen molar-refractivity contribution in [3.05, 3.63) is 40.3 Å². The molecular formula is C14H17N3O2S. The van der Waals surface area contributed by atoms with E-state index >= 15 is 0 Å². The van der Waals surface area contributed by atoms with E-state index in [0.717, 1.165) is 5.56 Å². The van der Waals surface area contributed by atoms with Gasteiger partial charge in [0, 0.05) is 25.2 Å². The Bertz CT molecular complexity index is 593. The van der Waals surface area contributed by atoms with Crippen molar-refractivity contribution in [2.24, 2.45) is 7.05 Å². The number of carbonyl (C=O) groups is 1. The van der Waals surface area contributed by atoms with Crippen LogP contribution in [0.1, 0.15) is 22.3 Å². The molecule has 2 aromatic rings. The summed E-state index contributed by atoms with van der Waals surface area (Å²) in [5.41, 5.74) is 1.75. The van der Waals surface area contributed by atoms with Gasteiger partial charge in [0.15, 0.2) is 0 Å². The van der Waals surface area contributed by atoms with Gasteiger partial charge in [-0.05, 0) is 29.9 Å². The lowest BCUT2D eigenvalue weighted by atomic mass is 10.0. The molecule has 5 nitrogen and oxygen atoms in total. The molecule has 20 heavy (non-hydrogen) atoms. The highest BCUT2D eigenvalue weighted by Crippen LogP contribution is 2.24. The minimum absolute atomic E-state index is 0.0108. The van der Waals surface area contributed by atoms with Gasteiger partial charge in [0.05, 0.1) is 23.9 Å². The Morgan fingerprint density at radius 1 is 1.60 bits per heavy atom. The molecule has 3 rings (SSSR count). The van der Waals surface area contributed by atoms with Gasteiger partial charge in [0.25, 0.3) is 5.91 Å². The average molecular weight is 291 g/mol. The van der Waals surface area contributed by atoms with Crippen molar-refractivity contribution >= 4 is 17.2 Å². The maximum absolute atomic E-state index is 12.5. The van der Waals surface area contributed by atoms with E-state index in [0.29, 0.717) is 24.9 Å². The molecule has 6 heteroatoms. The van der Waals surface area contributed by atoms with E-state index < -0.39 is 6.10 Å². The van der Waals surface area contributed by atoms with Crippen molar-refractivity contribution in [3.63, 3.8) is 0 Å². The van der Waals surface area contributed by atoms with Crippen LogP contribution in [-0.4, -0.2) is 44.4 Å². The monoisotopic (exact) mass is 291 g/mol. The molecule has 2 atom stereocenters. The summed E-state index contributed by atoms with van der Waals surface area (Å²) >= 11 is 1.51. The van der Waals surface area contributed by atoms with Crippen molar-refractivity contribution in [1.82, 2.24) is 14.7 Å². The molecule has 0 aromatic carbocycles. The van der Waals surface area contributed by atoms with E-state index in [-0.39, 0.29) is 11.9 Å². The summed E-state index contributed by atoms with van der Waals surface area (Å²) in [5, 5.41) is 18.0. The van der Waals surface area contributed by atoms with Gasteiger partial charge in [-0.2, -0.15) is 16.4 Å². The molecule has 1 aliphatic rings. The first-order chi connectivity index (χ1) is 9.65. The topological polar surface area (TPSA) is 58.4 Å². The van der Waals surface area contributed by atoms with Crippen LogP contribution in [0.15, 0.2) is 29.2 Å². The second-order valence-corrected chi connectivity index (χ2v) is 5.94. The molecule has 0 spiro atoms. The van der Waals surface area contributed by atoms with Crippen molar-refractivity contribution in [3.8, 4) is 0 Å². The fraction of sp³-hybridized carbons (Fsp3) is 0.429. The fourth-order valence-corrected chi connectivity index (χ4v) is 3.34. The summed E-state index contributed by atoms with van der Waals surface area (Å²) in [4.78, 5) is 14.3. The summed E-state index contributed by atoms with van der Waals surface area (Å²) in [6, 6.07) is 1.67. The van der Waals surface area contributed by atoms with Gasteiger partial charge >= 0.3 is 0 Å². The largest absolute Gasteiger partial charge is 0.391 e. The second-order valence-electron chi connectivity index (χ2n) is 5.16. The Morgan fingerprint density at radius 3 is 3.10 bits per heavy atom. The number of aliphatic hydroxyl groups excluding tert-OH is 1. The third-order valence-electron chi connectivity index (χ3n) is 3.74. The first kappa shape index (κ1) is 13.3. The highest BCUT2D eigenvalue weighted by atomic mass is 32.1. The van der Waals surface area contributed by atoms with E-state index in [2.05, 4.69) is 5.10 Å². The fourth-order valence-electron chi connectivity index (χ4n) is 2.71. The van der Waals surface area contributed by atoms with Crippen molar-refractivity contribution in [1.29, 1.82) is 0 Å². The van der Waals surface area contributed by atoms with Gasteiger partial charge in [-0.15, -0.1) is 0 Å². The molecule has 0 radical (unpaired) electrons. The highest BCUT2D eigenvalue weighted by Gasteiger charge is 2.36. The van der Waals surface area contributed by atoms with E-state index in [4.69, 9.17) is 0 Å². The van der Waals surface area contributed by atoms with E-state index in [1.807, 2.05) is 30.1 Å². The zero-order chi connectivity index (χ0) is 14.1. The standard InChI is InChI=1S/C14H17N3O2S/c1-16-8-10(7-15-16)6-12-13(18)2-4-17(12)14(19)11-3-5-20-9-11/h3,5,7-9,12-13,18H,2,4,6H2,1H3/t12-,13+/m0/s1. The summed E-state index contributed by atoms with van der Waals surface area (Å²) in [7, 11) is 1.86. The van der Waals surface area contributed by atoms with E-state index in [1.54, 1.807) is 15.8 Å². The van der Waals surface area contributed by atoms with Crippen LogP contribution in [-0.2, 0) is 13.5 Å². The molecule has 1 amide bonds. The van der Waals surface area contributed by atoms with Gasteiger partial charge in [-0.25, -0.2) is 0 Å². The summed E-state index contributed by atoms with van der Waals surface area (Å²) in [5.74, 6) is 0.0108. The number of hydrogen-bond acceptors (Lipinski definition) is 4. The Hall–Kier alpha value is -1.66. The van der Waals surface area contributed by atoms with E-state index in [1.165, 1.54) is 11.3 Å². The quantitative estimate of drug-likeness (QED) is 0.927. The summed E-state index contributed by atoms with van der Waals surface area (Å²) in [6.07, 6.45) is 4.54. The van der Waals surface area contributed by atoms with Crippen LogP contribution >= 0.6 is 11.3 Å². The SMILES string of the molecule is Cn1cc(C[C@H]2[C@H](O)CCN2C(=O)c2ccsc2)cn1. The number of likely N-dealkylation sites (tertiary alicyclic amines) is 1. The molecule has 3 heterocycles. The van der Waals surface area contributed by atoms with Crippen LogP contribution in [0.4, 0.5) is 0 Å². The molecule has 1 N–H and O–H groups in total. The van der Waals surface area contributed by atoms with E-state index in [9.17, 15) is 9.90 Å². The number of aryl methyl sites for hydroxylation is 1. The van der Waals surface area contributed by atoms with Crippen LogP contribution in [0.5, 0.6) is 0 Å². The van der Waals surface area contributed by atoms with Gasteiger partial charge < -0.3 is 10.0 Å². The number of aromatic nitrogens is 2. The van der Waals surface area contributed by atoms with Crippen LogP contribution in [0.2, 0.25) is 0 Å². The highest BCUT2D eigenvalue weighted by molar-refractivity contribution is 7.08. The lowest BCUT2D eigenvalue weighted by molar-refractivity contribution is 0.0640. The minimum Gasteiger partial charge on any atom is -0.391 e. The molecular weight excluding hydrogens is 274 g/mol. The number of nitrogens with zero attached hydrogens (tertiary/aromatic N) is 3. The van der Waals surface area contributed by atoms with Crippen LogP contribution in [0, 0.1) is 0 Å².